The number of non-ortho nitro benzene ring substituents is 1. The average molecular weight is 496 g/mol. The van der Waals surface area contributed by atoms with Gasteiger partial charge in [0, 0.05) is 23.8 Å². The van der Waals surface area contributed by atoms with Gasteiger partial charge in [-0.15, -0.1) is 0 Å². The Morgan fingerprint density at radius 1 is 1.12 bits per heavy atom. The topological polar surface area (TPSA) is 109 Å². The Bertz CT molecular complexity index is 1330. The molecule has 168 valence electrons. The molecule has 2 aromatic carbocycles. The molecule has 0 aliphatic rings. The third-order valence-electron chi connectivity index (χ3n) is 4.25. The number of furan rings is 1. The van der Waals surface area contributed by atoms with Gasteiger partial charge in [-0.25, -0.2) is 0 Å². The Balaban J connectivity index is 1.88. The number of nitrogens with zero attached hydrogens (tertiary/aromatic N) is 2. The fourth-order valence-electron chi connectivity index (χ4n) is 2.67. The van der Waals surface area contributed by atoms with E-state index in [-0.39, 0.29) is 38.5 Å². The first-order valence-corrected chi connectivity index (χ1v) is 9.59. The number of nitro benzene ring substituents is 1. The first-order chi connectivity index (χ1) is 15.5. The predicted molar refractivity (Wildman–Crippen MR) is 114 cm³/mol. The van der Waals surface area contributed by atoms with Crippen LogP contribution < -0.4 is 5.32 Å². The van der Waals surface area contributed by atoms with E-state index in [2.05, 4.69) is 5.32 Å². The van der Waals surface area contributed by atoms with Crippen molar-refractivity contribution in [3.8, 4) is 17.4 Å². The van der Waals surface area contributed by atoms with Crippen LogP contribution in [0.15, 0.2) is 58.5 Å². The second-order valence-electron chi connectivity index (χ2n) is 6.44. The van der Waals surface area contributed by atoms with Crippen LogP contribution in [-0.2, 0) is 11.0 Å². The molecule has 0 bridgehead atoms. The summed E-state index contributed by atoms with van der Waals surface area (Å²) >= 11 is 11.9. The van der Waals surface area contributed by atoms with E-state index in [0.29, 0.717) is 6.07 Å². The van der Waals surface area contributed by atoms with Crippen LogP contribution in [0.2, 0.25) is 10.0 Å². The molecule has 7 nitrogen and oxygen atoms in total. The highest BCUT2D eigenvalue weighted by molar-refractivity contribution is 6.34. The maximum Gasteiger partial charge on any atom is 0.416 e. The molecular weight excluding hydrogens is 486 g/mol. The maximum atomic E-state index is 12.9. The lowest BCUT2D eigenvalue weighted by molar-refractivity contribution is -0.384. The van der Waals surface area contributed by atoms with Crippen LogP contribution in [-0.4, -0.2) is 10.8 Å². The molecule has 0 saturated carbocycles. The number of carbonyl (C=O) groups is 1. The Morgan fingerprint density at radius 2 is 1.82 bits per heavy atom. The molecule has 1 amide bonds. The maximum absolute atomic E-state index is 12.9. The minimum Gasteiger partial charge on any atom is -0.457 e. The van der Waals surface area contributed by atoms with E-state index in [9.17, 15) is 33.3 Å². The van der Waals surface area contributed by atoms with E-state index in [4.69, 9.17) is 27.6 Å². The second kappa shape index (κ2) is 9.36. The molecule has 0 saturated heterocycles. The molecule has 1 N–H and O–H groups in total. The minimum atomic E-state index is -4.66. The summed E-state index contributed by atoms with van der Waals surface area (Å²) in [6, 6.07) is 10.5. The molecule has 0 unspecified atom stereocenters. The SMILES string of the molecule is N#CC(=Cc1ccc(-c2cc([N+](=O)[O-])ccc2Cl)o1)C(=O)Nc1cc(C(F)(F)F)ccc1Cl. The molecule has 3 rings (SSSR count). The Kier molecular flexibility index (Phi) is 6.76. The monoisotopic (exact) mass is 495 g/mol. The van der Waals surface area contributed by atoms with Gasteiger partial charge < -0.3 is 9.73 Å². The molecular formula is C21H10Cl2F3N3O4. The standard InChI is InChI=1S/C21H10Cl2F3N3O4/c22-16-5-2-13(29(31)32)9-15(16)19-6-3-14(33-19)7-11(10-27)20(30)28-18-8-12(21(24,25)26)1-4-17(18)23/h1-9H,(H,28,30). The van der Waals surface area contributed by atoms with E-state index < -0.39 is 28.1 Å². The van der Waals surface area contributed by atoms with E-state index in [1.54, 1.807) is 6.07 Å². The molecule has 33 heavy (non-hydrogen) atoms. The highest BCUT2D eigenvalue weighted by Crippen LogP contribution is 2.35. The quantitative estimate of drug-likeness (QED) is 0.182. The van der Waals surface area contributed by atoms with E-state index >= 15 is 0 Å². The zero-order valence-corrected chi connectivity index (χ0v) is 17.6. The van der Waals surface area contributed by atoms with Gasteiger partial charge in [0.2, 0.25) is 0 Å². The first kappa shape index (κ1) is 23.8. The lowest BCUT2D eigenvalue weighted by Crippen LogP contribution is -2.15. The molecule has 0 atom stereocenters. The summed E-state index contributed by atoms with van der Waals surface area (Å²) in [4.78, 5) is 22.8. The van der Waals surface area contributed by atoms with Gasteiger partial charge in [-0.2, -0.15) is 18.4 Å². The molecule has 1 aromatic heterocycles. The van der Waals surface area contributed by atoms with Crippen molar-refractivity contribution in [3.63, 3.8) is 0 Å². The third-order valence-corrected chi connectivity index (χ3v) is 4.91. The molecule has 0 fully saturated rings. The Morgan fingerprint density at radius 3 is 2.45 bits per heavy atom. The fourth-order valence-corrected chi connectivity index (χ4v) is 3.04. The molecule has 0 aliphatic carbocycles. The first-order valence-electron chi connectivity index (χ1n) is 8.83. The van der Waals surface area contributed by atoms with Crippen LogP contribution >= 0.6 is 23.2 Å². The van der Waals surface area contributed by atoms with Gasteiger partial charge >= 0.3 is 6.18 Å². The minimum absolute atomic E-state index is 0.0226. The summed E-state index contributed by atoms with van der Waals surface area (Å²) < 4.78 is 44.2. The summed E-state index contributed by atoms with van der Waals surface area (Å²) in [5.41, 5.74) is -1.87. The lowest BCUT2D eigenvalue weighted by atomic mass is 10.1. The lowest BCUT2D eigenvalue weighted by Gasteiger charge is -2.11. The number of hydrogen-bond donors (Lipinski definition) is 1. The molecule has 0 radical (unpaired) electrons. The number of hydrogen-bond acceptors (Lipinski definition) is 5. The number of amides is 1. The van der Waals surface area contributed by atoms with E-state index in [1.807, 2.05) is 0 Å². The van der Waals surface area contributed by atoms with Crippen LogP contribution in [0.3, 0.4) is 0 Å². The molecule has 12 heteroatoms. The van der Waals surface area contributed by atoms with E-state index in [0.717, 1.165) is 18.2 Å². The summed E-state index contributed by atoms with van der Waals surface area (Å²) in [7, 11) is 0. The number of nitriles is 1. The largest absolute Gasteiger partial charge is 0.457 e. The van der Waals surface area contributed by atoms with E-state index in [1.165, 1.54) is 30.3 Å². The number of halogens is 5. The summed E-state index contributed by atoms with van der Waals surface area (Å²) in [6.07, 6.45) is -3.61. The predicted octanol–water partition coefficient (Wildman–Crippen LogP) is 6.73. The van der Waals surface area contributed by atoms with Gasteiger partial charge in [0.25, 0.3) is 11.6 Å². The van der Waals surface area contributed by atoms with Gasteiger partial charge in [-0.1, -0.05) is 23.2 Å². The highest BCUT2D eigenvalue weighted by Gasteiger charge is 2.31. The number of nitrogens with one attached hydrogen (secondary N) is 1. The third kappa shape index (κ3) is 5.52. The number of nitro groups is 1. The number of anilines is 1. The molecule has 0 spiro atoms. The van der Waals surface area contributed by atoms with Crippen molar-refractivity contribution in [1.82, 2.24) is 0 Å². The molecule has 3 aromatic rings. The number of rotatable bonds is 5. The summed E-state index contributed by atoms with van der Waals surface area (Å²) in [6.45, 7) is 0. The van der Waals surface area contributed by atoms with Crippen LogP contribution in [0.1, 0.15) is 11.3 Å². The number of alkyl halides is 3. The Labute approximate surface area is 193 Å². The highest BCUT2D eigenvalue weighted by atomic mass is 35.5. The van der Waals surface area contributed by atoms with Gasteiger partial charge in [-0.3, -0.25) is 14.9 Å². The smallest absolute Gasteiger partial charge is 0.416 e. The second-order valence-corrected chi connectivity index (χ2v) is 7.25. The van der Waals surface area contributed by atoms with Gasteiger partial charge in [-0.05, 0) is 36.4 Å². The average Bonchev–Trinajstić information content (AvgIpc) is 3.21. The van der Waals surface area contributed by atoms with Crippen molar-refractivity contribution in [3.05, 3.63) is 85.6 Å². The zero-order chi connectivity index (χ0) is 24.3. The zero-order valence-electron chi connectivity index (χ0n) is 16.1. The molecule has 1 heterocycles. The fraction of sp³-hybridized carbons (Fsp3) is 0.0476. The van der Waals surface area contributed by atoms with Crippen LogP contribution in [0.25, 0.3) is 17.4 Å². The van der Waals surface area contributed by atoms with Gasteiger partial charge in [0.05, 0.1) is 26.2 Å². The van der Waals surface area contributed by atoms with Crippen LogP contribution in [0, 0.1) is 21.4 Å². The van der Waals surface area contributed by atoms with Crippen molar-refractivity contribution in [1.29, 1.82) is 5.26 Å². The van der Waals surface area contributed by atoms with Gasteiger partial charge in [0.1, 0.15) is 23.2 Å². The van der Waals surface area contributed by atoms with Gasteiger partial charge in [0.15, 0.2) is 0 Å². The van der Waals surface area contributed by atoms with Crippen molar-refractivity contribution in [2.75, 3.05) is 5.32 Å². The van der Waals surface area contributed by atoms with Crippen LogP contribution in [0.4, 0.5) is 24.5 Å². The van der Waals surface area contributed by atoms with Crippen molar-refractivity contribution < 1.29 is 27.3 Å². The normalized spacial score (nSPS) is 11.7. The summed E-state index contributed by atoms with van der Waals surface area (Å²) in [5.74, 6) is -0.868. The summed E-state index contributed by atoms with van der Waals surface area (Å²) in [5, 5.41) is 22.5. The molecule has 0 aliphatic heterocycles. The van der Waals surface area contributed by atoms with Crippen LogP contribution in [0.5, 0.6) is 0 Å². The van der Waals surface area contributed by atoms with Crippen molar-refractivity contribution >= 4 is 46.6 Å². The number of carbonyl (C=O) groups excluding carboxylic acids is 1. The van der Waals surface area contributed by atoms with Crippen molar-refractivity contribution in [2.45, 2.75) is 6.18 Å². The Hall–Kier alpha value is -3.81. The number of benzene rings is 2. The van der Waals surface area contributed by atoms with Crippen molar-refractivity contribution in [2.24, 2.45) is 0 Å².